The summed E-state index contributed by atoms with van der Waals surface area (Å²) in [6.45, 7) is 0.222. The molecular weight excluding hydrogens is 345 g/mol. The van der Waals surface area contributed by atoms with E-state index in [1.807, 2.05) is 0 Å². The number of allylic oxidation sites excluding steroid dienone is 2. The van der Waals surface area contributed by atoms with E-state index in [-0.39, 0.29) is 34.4 Å². The quantitative estimate of drug-likeness (QED) is 0.879. The highest BCUT2D eigenvalue weighted by Crippen LogP contribution is 2.24. The minimum absolute atomic E-state index is 0.0420. The van der Waals surface area contributed by atoms with Crippen molar-refractivity contribution in [1.82, 2.24) is 4.90 Å². The molecule has 6 nitrogen and oxygen atoms in total. The maximum absolute atomic E-state index is 13.0. The molecule has 1 aromatic carbocycles. The van der Waals surface area contributed by atoms with E-state index in [2.05, 4.69) is 9.71 Å². The van der Waals surface area contributed by atoms with E-state index in [0.29, 0.717) is 0 Å². The summed E-state index contributed by atoms with van der Waals surface area (Å²) in [7, 11) is -3.59. The summed E-state index contributed by atoms with van der Waals surface area (Å²) >= 11 is 5.87. The Bertz CT molecular complexity index is 877. The minimum Gasteiger partial charge on any atom is -0.331 e. The van der Waals surface area contributed by atoms with Crippen LogP contribution in [0.4, 0.5) is 10.1 Å². The molecule has 0 saturated heterocycles. The topological polar surface area (TPSA) is 78.8 Å². The first kappa shape index (κ1) is 15.7. The van der Waals surface area contributed by atoms with Crippen molar-refractivity contribution >= 4 is 39.1 Å². The van der Waals surface area contributed by atoms with E-state index in [1.54, 1.807) is 17.2 Å². The van der Waals surface area contributed by atoms with E-state index < -0.39 is 21.7 Å². The number of anilines is 1. The third-order valence-electron chi connectivity index (χ3n) is 3.28. The number of nitrogens with zero attached hydrogens (tertiary/aromatic N) is 2. The fourth-order valence-corrected chi connectivity index (χ4v) is 3.37. The summed E-state index contributed by atoms with van der Waals surface area (Å²) in [4.78, 5) is 14.0. The Morgan fingerprint density at radius 1 is 1.39 bits per heavy atom. The van der Waals surface area contributed by atoms with Gasteiger partial charge < -0.3 is 10.2 Å². The molecule has 0 aliphatic carbocycles. The summed E-state index contributed by atoms with van der Waals surface area (Å²) in [5.41, 5.74) is 0.315. The number of carbonyl (C=O) groups is 1. The molecule has 2 aliphatic heterocycles. The van der Waals surface area contributed by atoms with E-state index in [9.17, 15) is 17.6 Å². The van der Waals surface area contributed by atoms with Crippen LogP contribution in [0.25, 0.3) is 0 Å². The summed E-state index contributed by atoms with van der Waals surface area (Å²) in [5.74, 6) is -1.15. The van der Waals surface area contributed by atoms with Crippen LogP contribution >= 0.6 is 11.6 Å². The predicted molar refractivity (Wildman–Crippen MR) is 85.2 cm³/mol. The number of rotatable bonds is 2. The van der Waals surface area contributed by atoms with Gasteiger partial charge in [-0.2, -0.15) is 0 Å². The molecule has 1 aromatic rings. The van der Waals surface area contributed by atoms with Gasteiger partial charge in [0.25, 0.3) is 15.9 Å². The fourth-order valence-electron chi connectivity index (χ4n) is 2.17. The summed E-state index contributed by atoms with van der Waals surface area (Å²) in [6, 6.07) is 3.55. The zero-order valence-electron chi connectivity index (χ0n) is 11.7. The molecule has 120 valence electrons. The number of halogens is 2. The second kappa shape index (κ2) is 5.78. The minimum atomic E-state index is -3.59. The van der Waals surface area contributed by atoms with Crippen LogP contribution in [0.5, 0.6) is 0 Å². The van der Waals surface area contributed by atoms with Crippen LogP contribution in [0, 0.1) is 5.82 Å². The van der Waals surface area contributed by atoms with Gasteiger partial charge in [-0.25, -0.2) is 12.8 Å². The molecule has 0 aromatic heterocycles. The smallest absolute Gasteiger partial charge is 0.259 e. The number of nitrogens with one attached hydrogen (secondary N) is 1. The number of benzene rings is 1. The van der Waals surface area contributed by atoms with E-state index >= 15 is 0 Å². The van der Waals surface area contributed by atoms with Crippen LogP contribution in [0.2, 0.25) is 5.02 Å². The Morgan fingerprint density at radius 2 is 2.17 bits per heavy atom. The maximum atomic E-state index is 13.0. The van der Waals surface area contributed by atoms with Crippen LogP contribution in [0.3, 0.4) is 0 Å². The summed E-state index contributed by atoms with van der Waals surface area (Å²) in [6.07, 6.45) is 4.73. The molecule has 3 rings (SSSR count). The molecule has 9 heteroatoms. The second-order valence-electron chi connectivity index (χ2n) is 4.89. The third-order valence-corrected chi connectivity index (χ3v) is 4.74. The van der Waals surface area contributed by atoms with E-state index in [4.69, 9.17) is 11.6 Å². The van der Waals surface area contributed by atoms with Gasteiger partial charge >= 0.3 is 0 Å². The number of amidine groups is 1. The van der Waals surface area contributed by atoms with Crippen molar-refractivity contribution < 1.29 is 17.6 Å². The van der Waals surface area contributed by atoms with Gasteiger partial charge in [0, 0.05) is 12.7 Å². The van der Waals surface area contributed by atoms with Crippen LogP contribution in [0.15, 0.2) is 46.5 Å². The molecule has 0 bridgehead atoms. The number of amides is 1. The molecule has 23 heavy (non-hydrogen) atoms. The lowest BCUT2D eigenvalue weighted by Gasteiger charge is -2.28. The van der Waals surface area contributed by atoms with Crippen molar-refractivity contribution in [3.63, 3.8) is 0 Å². The van der Waals surface area contributed by atoms with Gasteiger partial charge in [-0.15, -0.1) is 4.40 Å². The molecule has 1 amide bonds. The molecule has 0 atom stereocenters. The van der Waals surface area contributed by atoms with Crippen molar-refractivity contribution in [1.29, 1.82) is 0 Å². The van der Waals surface area contributed by atoms with Crippen LogP contribution < -0.4 is 5.32 Å². The van der Waals surface area contributed by atoms with Crippen molar-refractivity contribution in [2.75, 3.05) is 17.6 Å². The molecule has 0 saturated carbocycles. The third kappa shape index (κ3) is 3.27. The van der Waals surface area contributed by atoms with Gasteiger partial charge in [-0.05, 0) is 30.4 Å². The normalized spacial score (nSPS) is 18.8. The largest absolute Gasteiger partial charge is 0.331 e. The van der Waals surface area contributed by atoms with Gasteiger partial charge in [-0.1, -0.05) is 11.6 Å². The lowest BCUT2D eigenvalue weighted by molar-refractivity contribution is -0.112. The highest BCUT2D eigenvalue weighted by molar-refractivity contribution is 7.90. The van der Waals surface area contributed by atoms with Crippen LogP contribution in [-0.4, -0.2) is 37.4 Å². The first-order valence-electron chi connectivity index (χ1n) is 6.60. The second-order valence-corrected chi connectivity index (χ2v) is 7.06. The molecule has 0 unspecified atom stereocenters. The number of sulfonamides is 1. The Labute approximate surface area is 137 Å². The van der Waals surface area contributed by atoms with E-state index in [0.717, 1.165) is 12.1 Å². The number of hydrogen-bond donors (Lipinski definition) is 1. The van der Waals surface area contributed by atoms with Crippen LogP contribution in [-0.2, 0) is 14.8 Å². The fraction of sp³-hybridized carbons (Fsp3) is 0.143. The Morgan fingerprint density at radius 3 is 2.91 bits per heavy atom. The summed E-state index contributed by atoms with van der Waals surface area (Å²) in [5, 5.41) is 2.57. The van der Waals surface area contributed by atoms with Gasteiger partial charge in [0.05, 0.1) is 22.0 Å². The molecule has 0 fully saturated rings. The Kier molecular flexibility index (Phi) is 3.95. The lowest BCUT2D eigenvalue weighted by atomic mass is 10.1. The molecule has 1 N–H and O–H groups in total. The zero-order chi connectivity index (χ0) is 16.6. The zero-order valence-corrected chi connectivity index (χ0v) is 13.2. The van der Waals surface area contributed by atoms with Crippen molar-refractivity contribution in [3.05, 3.63) is 53.0 Å². The maximum Gasteiger partial charge on any atom is 0.259 e. The monoisotopic (exact) mass is 355 g/mol. The van der Waals surface area contributed by atoms with Crippen molar-refractivity contribution in [3.8, 4) is 0 Å². The lowest BCUT2D eigenvalue weighted by Crippen LogP contribution is -2.40. The highest BCUT2D eigenvalue weighted by Gasteiger charge is 2.30. The standard InChI is InChI=1S/C14H11ClFN3O3S/c15-11-8-9(16)3-4-12(11)17-14(20)10-2-1-5-19-6-7-23(21,22)18-13(10)19/h1-5,8H,6-7H2,(H,17,20). The molecule has 2 heterocycles. The predicted octanol–water partition coefficient (Wildman–Crippen LogP) is 1.92. The highest BCUT2D eigenvalue weighted by atomic mass is 35.5. The Hall–Kier alpha value is -2.19. The summed E-state index contributed by atoms with van der Waals surface area (Å²) < 4.78 is 40.0. The molecule has 0 spiro atoms. The number of hydrogen-bond acceptors (Lipinski definition) is 4. The SMILES string of the molecule is O=C(Nc1ccc(F)cc1Cl)C1=CC=CN2CCS(=O)(=O)N=C12. The molecule has 2 aliphatic rings. The Balaban J connectivity index is 1.91. The average Bonchev–Trinajstić information content (AvgIpc) is 2.48. The average molecular weight is 356 g/mol. The van der Waals surface area contributed by atoms with Gasteiger partial charge in [0.2, 0.25) is 0 Å². The number of carbonyl (C=O) groups excluding carboxylic acids is 1. The van der Waals surface area contributed by atoms with Gasteiger partial charge in [-0.3, -0.25) is 4.79 Å². The first-order chi connectivity index (χ1) is 10.9. The number of fused-ring (bicyclic) bond motifs is 1. The molecule has 0 radical (unpaired) electrons. The van der Waals surface area contributed by atoms with Gasteiger partial charge in [0.1, 0.15) is 5.82 Å². The van der Waals surface area contributed by atoms with Crippen molar-refractivity contribution in [2.45, 2.75) is 0 Å². The molecular formula is C14H11ClFN3O3S. The van der Waals surface area contributed by atoms with Crippen molar-refractivity contribution in [2.24, 2.45) is 4.40 Å². The van der Waals surface area contributed by atoms with Crippen LogP contribution in [0.1, 0.15) is 0 Å². The first-order valence-corrected chi connectivity index (χ1v) is 8.59. The van der Waals surface area contributed by atoms with Gasteiger partial charge in [0.15, 0.2) is 5.84 Å². The van der Waals surface area contributed by atoms with E-state index in [1.165, 1.54) is 12.1 Å².